The summed E-state index contributed by atoms with van der Waals surface area (Å²) in [4.78, 5) is 27.0. The highest BCUT2D eigenvalue weighted by molar-refractivity contribution is 5.99. The van der Waals surface area contributed by atoms with Gasteiger partial charge in [0, 0.05) is 41.5 Å². The van der Waals surface area contributed by atoms with Gasteiger partial charge < -0.3 is 20.7 Å². The number of primary amides is 1. The molecule has 2 amide bonds. The minimum absolute atomic E-state index is 0.0324. The van der Waals surface area contributed by atoms with Gasteiger partial charge >= 0.3 is 0 Å². The van der Waals surface area contributed by atoms with E-state index in [0.29, 0.717) is 11.5 Å². The van der Waals surface area contributed by atoms with E-state index >= 15 is 0 Å². The smallest absolute Gasteiger partial charge is 0.236 e. The van der Waals surface area contributed by atoms with Crippen molar-refractivity contribution in [2.75, 3.05) is 23.3 Å². The Labute approximate surface area is 187 Å². The Bertz CT molecular complexity index is 1110. The topological polar surface area (TPSA) is 84.7 Å². The first-order chi connectivity index (χ1) is 15.6. The monoisotopic (exact) mass is 427 g/mol. The number of carbonyl (C=O) groups excluding carboxylic acids is 2. The second kappa shape index (κ2) is 8.38. The Hall–Kier alpha value is -3.80. The average Bonchev–Trinajstić information content (AvgIpc) is 2.83. The summed E-state index contributed by atoms with van der Waals surface area (Å²) in [7, 11) is 0. The predicted molar refractivity (Wildman–Crippen MR) is 124 cm³/mol. The second-order valence-electron chi connectivity index (χ2n) is 8.31. The fraction of sp³-hybridized carbons (Fsp3) is 0.231. The molecule has 6 nitrogen and oxygen atoms in total. The second-order valence-corrected chi connectivity index (χ2v) is 8.31. The van der Waals surface area contributed by atoms with E-state index < -0.39 is 5.92 Å². The maximum Gasteiger partial charge on any atom is 0.236 e. The minimum Gasteiger partial charge on any atom is -0.457 e. The van der Waals surface area contributed by atoms with Crippen molar-refractivity contribution in [3.8, 4) is 11.5 Å². The summed E-state index contributed by atoms with van der Waals surface area (Å²) in [6.07, 6.45) is 1.55. The fourth-order valence-corrected chi connectivity index (χ4v) is 4.58. The zero-order valence-corrected chi connectivity index (χ0v) is 17.7. The zero-order valence-electron chi connectivity index (χ0n) is 17.7. The van der Waals surface area contributed by atoms with Crippen LogP contribution in [0.2, 0.25) is 0 Å². The molecule has 0 unspecified atom stereocenters. The molecule has 0 aliphatic carbocycles. The van der Waals surface area contributed by atoms with E-state index in [4.69, 9.17) is 10.5 Å². The minimum atomic E-state index is -0.441. The van der Waals surface area contributed by atoms with E-state index in [1.807, 2.05) is 72.8 Å². The van der Waals surface area contributed by atoms with E-state index in [1.54, 1.807) is 0 Å². The van der Waals surface area contributed by atoms with E-state index in [2.05, 4.69) is 10.2 Å². The lowest BCUT2D eigenvalue weighted by molar-refractivity contribution is -0.122. The largest absolute Gasteiger partial charge is 0.457 e. The predicted octanol–water partition coefficient (Wildman–Crippen LogP) is 4.26. The first kappa shape index (κ1) is 20.1. The van der Waals surface area contributed by atoms with Crippen molar-refractivity contribution in [1.29, 1.82) is 0 Å². The molecule has 5 rings (SSSR count). The number of para-hydroxylation sites is 2. The first-order valence-corrected chi connectivity index (χ1v) is 10.9. The van der Waals surface area contributed by atoms with Crippen LogP contribution in [0.4, 0.5) is 11.4 Å². The molecule has 1 fully saturated rings. The first-order valence-electron chi connectivity index (χ1n) is 10.9. The van der Waals surface area contributed by atoms with Crippen LogP contribution < -0.4 is 20.7 Å². The summed E-state index contributed by atoms with van der Waals surface area (Å²) in [5.74, 6) is 0.642. The van der Waals surface area contributed by atoms with Crippen LogP contribution >= 0.6 is 0 Å². The Balaban J connectivity index is 1.32. The maximum atomic E-state index is 13.4. The van der Waals surface area contributed by atoms with Gasteiger partial charge in [-0.3, -0.25) is 9.59 Å². The van der Waals surface area contributed by atoms with Gasteiger partial charge in [0.15, 0.2) is 0 Å². The fourth-order valence-electron chi connectivity index (χ4n) is 4.58. The number of nitrogens with one attached hydrogen (secondary N) is 1. The highest BCUT2D eigenvalue weighted by Gasteiger charge is 2.32. The molecule has 3 aromatic carbocycles. The molecule has 1 saturated heterocycles. The summed E-state index contributed by atoms with van der Waals surface area (Å²) in [6.45, 7) is 1.60. The number of rotatable bonds is 4. The summed E-state index contributed by atoms with van der Waals surface area (Å²) < 4.78 is 6.00. The van der Waals surface area contributed by atoms with E-state index in [-0.39, 0.29) is 17.7 Å². The van der Waals surface area contributed by atoms with Gasteiger partial charge in [-0.05, 0) is 49.2 Å². The molecule has 0 spiro atoms. The van der Waals surface area contributed by atoms with Crippen molar-refractivity contribution in [3.63, 3.8) is 0 Å². The van der Waals surface area contributed by atoms with Crippen molar-refractivity contribution in [3.05, 3.63) is 83.9 Å². The van der Waals surface area contributed by atoms with Gasteiger partial charge in [0.2, 0.25) is 11.8 Å². The number of hydrogen-bond acceptors (Lipinski definition) is 4. The molecular weight excluding hydrogens is 402 g/mol. The van der Waals surface area contributed by atoms with Gasteiger partial charge in [-0.2, -0.15) is 0 Å². The van der Waals surface area contributed by atoms with Crippen LogP contribution in [0.3, 0.4) is 0 Å². The van der Waals surface area contributed by atoms with Crippen LogP contribution in [0.5, 0.6) is 11.5 Å². The summed E-state index contributed by atoms with van der Waals surface area (Å²) >= 11 is 0. The maximum absolute atomic E-state index is 13.4. The Morgan fingerprint density at radius 3 is 1.97 bits per heavy atom. The summed E-state index contributed by atoms with van der Waals surface area (Å²) in [5.41, 5.74) is 8.97. The van der Waals surface area contributed by atoms with Crippen molar-refractivity contribution >= 4 is 23.2 Å². The Morgan fingerprint density at radius 2 is 1.41 bits per heavy atom. The number of anilines is 2. The van der Waals surface area contributed by atoms with Crippen LogP contribution in [0.25, 0.3) is 0 Å². The van der Waals surface area contributed by atoms with Gasteiger partial charge in [0.25, 0.3) is 0 Å². The normalized spacial score (nSPS) is 15.9. The molecule has 0 saturated carbocycles. The number of hydrogen-bond donors (Lipinski definition) is 2. The number of amides is 2. The molecule has 0 aromatic heterocycles. The van der Waals surface area contributed by atoms with E-state index in [1.165, 1.54) is 0 Å². The number of nitrogens with zero attached hydrogens (tertiary/aromatic N) is 1. The van der Waals surface area contributed by atoms with E-state index in [9.17, 15) is 9.59 Å². The van der Waals surface area contributed by atoms with E-state index in [0.717, 1.165) is 48.4 Å². The molecule has 3 N–H and O–H groups in total. The molecular formula is C26H25N3O3. The molecule has 0 atom stereocenters. The van der Waals surface area contributed by atoms with Crippen LogP contribution in [0, 0.1) is 5.92 Å². The lowest BCUT2D eigenvalue weighted by Crippen LogP contribution is -2.38. The van der Waals surface area contributed by atoms with Crippen molar-refractivity contribution in [2.45, 2.75) is 18.8 Å². The summed E-state index contributed by atoms with van der Waals surface area (Å²) in [5, 5.41) is 3.07. The molecule has 6 heteroatoms. The third-order valence-electron chi connectivity index (χ3n) is 6.34. The molecule has 32 heavy (non-hydrogen) atoms. The number of piperidine rings is 1. The lowest BCUT2D eigenvalue weighted by Gasteiger charge is -2.32. The van der Waals surface area contributed by atoms with Gasteiger partial charge in [-0.25, -0.2) is 0 Å². The van der Waals surface area contributed by atoms with Gasteiger partial charge in [0.05, 0.1) is 5.92 Å². The number of fused-ring (bicyclic) bond motifs is 2. The Kier molecular flexibility index (Phi) is 5.27. The van der Waals surface area contributed by atoms with Crippen molar-refractivity contribution < 1.29 is 14.3 Å². The standard InChI is InChI=1S/C26H25N3O3/c27-25(30)17-13-15-29(16-14-17)19-11-9-18(10-12-19)28-26(31)24-20-5-1-3-7-22(20)32-23-8-4-2-6-21(23)24/h1-12,17,24H,13-16H2,(H2,27,30)(H,28,31). The highest BCUT2D eigenvalue weighted by Crippen LogP contribution is 2.44. The molecule has 162 valence electrons. The van der Waals surface area contributed by atoms with Crippen molar-refractivity contribution in [2.24, 2.45) is 11.7 Å². The third-order valence-corrected chi connectivity index (χ3v) is 6.34. The average molecular weight is 428 g/mol. The number of carbonyl (C=O) groups is 2. The van der Waals surface area contributed by atoms with Crippen LogP contribution in [0.1, 0.15) is 29.9 Å². The number of nitrogens with two attached hydrogens (primary N) is 1. The van der Waals surface area contributed by atoms with Crippen LogP contribution in [0.15, 0.2) is 72.8 Å². The highest BCUT2D eigenvalue weighted by atomic mass is 16.5. The third kappa shape index (κ3) is 3.80. The molecule has 3 aromatic rings. The van der Waals surface area contributed by atoms with Gasteiger partial charge in [0.1, 0.15) is 11.5 Å². The molecule has 2 heterocycles. The summed E-state index contributed by atoms with van der Waals surface area (Å²) in [6, 6.07) is 23.2. The lowest BCUT2D eigenvalue weighted by atomic mass is 9.87. The quantitative estimate of drug-likeness (QED) is 0.651. The van der Waals surface area contributed by atoms with Gasteiger partial charge in [-0.15, -0.1) is 0 Å². The molecule has 2 aliphatic heterocycles. The molecule has 0 radical (unpaired) electrons. The van der Waals surface area contributed by atoms with Crippen LogP contribution in [-0.2, 0) is 9.59 Å². The molecule has 2 aliphatic rings. The SMILES string of the molecule is NC(=O)C1CCN(c2ccc(NC(=O)C3c4ccccc4Oc4ccccc43)cc2)CC1. The van der Waals surface area contributed by atoms with Crippen LogP contribution in [-0.4, -0.2) is 24.9 Å². The molecule has 0 bridgehead atoms. The zero-order chi connectivity index (χ0) is 22.1. The van der Waals surface area contributed by atoms with Crippen molar-refractivity contribution in [1.82, 2.24) is 0 Å². The number of ether oxygens (including phenoxy) is 1. The Morgan fingerprint density at radius 1 is 0.844 bits per heavy atom. The number of benzene rings is 3. The van der Waals surface area contributed by atoms with Gasteiger partial charge in [-0.1, -0.05) is 36.4 Å².